The minimum absolute atomic E-state index is 0.0709. The number of aliphatic carboxylic acids is 1. The average molecular weight is 243 g/mol. The molecule has 0 rings (SSSR count). The van der Waals surface area contributed by atoms with Gasteiger partial charge in [-0.15, -0.1) is 0 Å². The van der Waals surface area contributed by atoms with Gasteiger partial charge in [0.15, 0.2) is 0 Å². The van der Waals surface area contributed by atoms with Crippen molar-refractivity contribution in [3.05, 3.63) is 12.7 Å². The van der Waals surface area contributed by atoms with Crippen LogP contribution in [0.2, 0.25) is 0 Å². The van der Waals surface area contributed by atoms with Gasteiger partial charge in [-0.2, -0.15) is 0 Å². The van der Waals surface area contributed by atoms with E-state index in [0.717, 1.165) is 0 Å². The fourth-order valence-corrected chi connectivity index (χ4v) is 1.41. The second-order valence-electron chi connectivity index (χ2n) is 4.42. The Bertz CT molecular complexity index is 299. The normalized spacial score (nSPS) is 12.7. The number of carbonyl (C=O) groups is 2. The molecule has 5 heteroatoms. The molecular weight excluding hydrogens is 222 g/mol. The van der Waals surface area contributed by atoms with Crippen molar-refractivity contribution in [3.8, 4) is 0 Å². The van der Waals surface area contributed by atoms with Crippen molar-refractivity contribution in [2.45, 2.75) is 45.7 Å². The maximum Gasteiger partial charge on any atom is 0.411 e. The van der Waals surface area contributed by atoms with E-state index < -0.39 is 23.6 Å². The molecule has 0 spiro atoms. The van der Waals surface area contributed by atoms with Crippen molar-refractivity contribution in [2.75, 3.05) is 6.61 Å². The zero-order valence-corrected chi connectivity index (χ0v) is 10.9. The van der Waals surface area contributed by atoms with E-state index >= 15 is 0 Å². The summed E-state index contributed by atoms with van der Waals surface area (Å²) in [4.78, 5) is 24.1. The molecule has 17 heavy (non-hydrogen) atoms. The van der Waals surface area contributed by atoms with Gasteiger partial charge in [-0.1, -0.05) is 19.6 Å². The molecule has 1 amide bonds. The van der Waals surface area contributed by atoms with E-state index in [9.17, 15) is 9.59 Å². The highest BCUT2D eigenvalue weighted by Crippen LogP contribution is 2.22. The summed E-state index contributed by atoms with van der Waals surface area (Å²) < 4.78 is 4.92. The highest BCUT2D eigenvalue weighted by molar-refractivity contribution is 5.80. The summed E-state index contributed by atoms with van der Waals surface area (Å²) in [5, 5.41) is 9.02. The number of carboxylic acid groups (broad SMARTS) is 1. The largest absolute Gasteiger partial charge is 0.480 e. The van der Waals surface area contributed by atoms with Gasteiger partial charge < -0.3 is 9.84 Å². The number of amides is 1. The van der Waals surface area contributed by atoms with Gasteiger partial charge in [0.2, 0.25) is 0 Å². The van der Waals surface area contributed by atoms with Crippen LogP contribution in [0.1, 0.15) is 34.1 Å². The van der Waals surface area contributed by atoms with Gasteiger partial charge in [-0.3, -0.25) is 4.90 Å². The lowest BCUT2D eigenvalue weighted by molar-refractivity contribution is -0.144. The predicted octanol–water partition coefficient (Wildman–Crippen LogP) is 2.27. The van der Waals surface area contributed by atoms with Gasteiger partial charge in [0.25, 0.3) is 0 Å². The monoisotopic (exact) mass is 243 g/mol. The quantitative estimate of drug-likeness (QED) is 0.727. The van der Waals surface area contributed by atoms with Crippen molar-refractivity contribution in [1.29, 1.82) is 0 Å². The second kappa shape index (κ2) is 6.27. The zero-order chi connectivity index (χ0) is 13.6. The Labute approximate surface area is 102 Å². The third-order valence-corrected chi connectivity index (χ3v) is 2.78. The summed E-state index contributed by atoms with van der Waals surface area (Å²) in [5.74, 6) is -1.05. The molecule has 0 fully saturated rings. The number of carbonyl (C=O) groups excluding carboxylic acids is 1. The smallest absolute Gasteiger partial charge is 0.411 e. The fourth-order valence-electron chi connectivity index (χ4n) is 1.41. The van der Waals surface area contributed by atoms with Gasteiger partial charge >= 0.3 is 12.1 Å². The van der Waals surface area contributed by atoms with E-state index in [4.69, 9.17) is 9.84 Å². The van der Waals surface area contributed by atoms with Crippen molar-refractivity contribution in [1.82, 2.24) is 4.90 Å². The lowest BCUT2D eigenvalue weighted by atomic mass is 9.98. The van der Waals surface area contributed by atoms with Crippen LogP contribution in [0.5, 0.6) is 0 Å². The van der Waals surface area contributed by atoms with Crippen LogP contribution in [0.3, 0.4) is 0 Å². The highest BCUT2D eigenvalue weighted by atomic mass is 16.6. The molecule has 5 nitrogen and oxygen atoms in total. The van der Waals surface area contributed by atoms with E-state index in [1.165, 1.54) is 17.9 Å². The standard InChI is InChI=1S/C12H21NO4/c1-6-8-17-11(16)13(9(3)10(14)15)12(4,5)7-2/h6,9H,1,7-8H2,2-5H3,(H,14,15). The molecular formula is C12H21NO4. The van der Waals surface area contributed by atoms with Crippen molar-refractivity contribution < 1.29 is 19.4 Å². The Morgan fingerprint density at radius 2 is 2.06 bits per heavy atom. The molecule has 0 heterocycles. The van der Waals surface area contributed by atoms with E-state index in [0.29, 0.717) is 6.42 Å². The van der Waals surface area contributed by atoms with E-state index in [-0.39, 0.29) is 6.61 Å². The minimum Gasteiger partial charge on any atom is -0.480 e. The van der Waals surface area contributed by atoms with Crippen LogP contribution in [-0.4, -0.2) is 40.3 Å². The first kappa shape index (κ1) is 15.5. The average Bonchev–Trinajstić information content (AvgIpc) is 2.25. The van der Waals surface area contributed by atoms with Gasteiger partial charge in [-0.05, 0) is 27.2 Å². The van der Waals surface area contributed by atoms with Crippen molar-refractivity contribution in [2.24, 2.45) is 0 Å². The molecule has 0 aliphatic carbocycles. The molecule has 0 aromatic heterocycles. The molecule has 0 aromatic rings. The molecule has 1 atom stereocenters. The summed E-state index contributed by atoms with van der Waals surface area (Å²) in [6.45, 7) is 10.5. The van der Waals surface area contributed by atoms with Crippen LogP contribution in [0.4, 0.5) is 4.79 Å². The summed E-state index contributed by atoms with van der Waals surface area (Å²) in [6.07, 6.45) is 1.44. The molecule has 0 bridgehead atoms. The van der Waals surface area contributed by atoms with E-state index in [1.54, 1.807) is 0 Å². The Hall–Kier alpha value is -1.52. The number of hydrogen-bond donors (Lipinski definition) is 1. The highest BCUT2D eigenvalue weighted by Gasteiger charge is 2.37. The lowest BCUT2D eigenvalue weighted by Gasteiger charge is -2.39. The number of carboxylic acids is 1. The Kier molecular flexibility index (Phi) is 5.71. The zero-order valence-electron chi connectivity index (χ0n) is 10.9. The summed E-state index contributed by atoms with van der Waals surface area (Å²) >= 11 is 0. The molecule has 0 radical (unpaired) electrons. The van der Waals surface area contributed by atoms with Gasteiger partial charge in [0.1, 0.15) is 12.6 Å². The first-order valence-corrected chi connectivity index (χ1v) is 5.57. The van der Waals surface area contributed by atoms with Crippen molar-refractivity contribution >= 4 is 12.1 Å². The molecule has 98 valence electrons. The third-order valence-electron chi connectivity index (χ3n) is 2.78. The molecule has 1 unspecified atom stereocenters. The van der Waals surface area contributed by atoms with Crippen molar-refractivity contribution in [3.63, 3.8) is 0 Å². The third kappa shape index (κ3) is 4.09. The maximum atomic E-state index is 11.8. The summed E-state index contributed by atoms with van der Waals surface area (Å²) in [7, 11) is 0. The molecule has 1 N–H and O–H groups in total. The van der Waals surface area contributed by atoms with Crippen LogP contribution in [0.15, 0.2) is 12.7 Å². The Morgan fingerprint density at radius 1 is 1.53 bits per heavy atom. The predicted molar refractivity (Wildman–Crippen MR) is 64.9 cm³/mol. The molecule has 0 aliphatic heterocycles. The van der Waals surface area contributed by atoms with E-state index in [2.05, 4.69) is 6.58 Å². The first-order valence-electron chi connectivity index (χ1n) is 5.57. The van der Waals surface area contributed by atoms with Crippen LogP contribution in [-0.2, 0) is 9.53 Å². The molecule has 0 saturated carbocycles. The lowest BCUT2D eigenvalue weighted by Crippen LogP contribution is -2.54. The Morgan fingerprint density at radius 3 is 2.41 bits per heavy atom. The summed E-state index contributed by atoms with van der Waals surface area (Å²) in [5.41, 5.74) is -0.573. The van der Waals surface area contributed by atoms with Crippen LogP contribution in [0, 0.1) is 0 Å². The molecule has 0 saturated heterocycles. The first-order chi connectivity index (χ1) is 7.77. The Balaban J connectivity index is 5.04. The van der Waals surface area contributed by atoms with Gasteiger partial charge in [0, 0.05) is 5.54 Å². The SMILES string of the molecule is C=CCOC(=O)N(C(C)C(=O)O)C(C)(C)CC. The topological polar surface area (TPSA) is 66.8 Å². The van der Waals surface area contributed by atoms with Gasteiger partial charge in [-0.25, -0.2) is 9.59 Å². The number of rotatable bonds is 6. The number of nitrogens with zero attached hydrogens (tertiary/aromatic N) is 1. The number of hydrogen-bond acceptors (Lipinski definition) is 3. The van der Waals surface area contributed by atoms with Gasteiger partial charge in [0.05, 0.1) is 0 Å². The minimum atomic E-state index is -1.05. The summed E-state index contributed by atoms with van der Waals surface area (Å²) in [6, 6.07) is -0.928. The second-order valence-corrected chi connectivity index (χ2v) is 4.42. The fraction of sp³-hybridized carbons (Fsp3) is 0.667. The van der Waals surface area contributed by atoms with Crippen LogP contribution < -0.4 is 0 Å². The number of ether oxygens (including phenoxy) is 1. The van der Waals surface area contributed by atoms with E-state index in [1.807, 2.05) is 20.8 Å². The molecule has 0 aromatic carbocycles. The van der Waals surface area contributed by atoms with Crippen LogP contribution >= 0.6 is 0 Å². The van der Waals surface area contributed by atoms with Crippen LogP contribution in [0.25, 0.3) is 0 Å². The maximum absolute atomic E-state index is 11.8. The molecule has 0 aliphatic rings.